The lowest BCUT2D eigenvalue weighted by Gasteiger charge is -2.16. The molecule has 0 aliphatic heterocycles. The molecular formula is C8H20N2O4S. The summed E-state index contributed by atoms with van der Waals surface area (Å²) >= 11 is 0. The SMILES string of the molecule is COCC(CO)NS(=O)(=O)NCC(C)C. The summed E-state index contributed by atoms with van der Waals surface area (Å²) in [6.07, 6.45) is 0. The zero-order chi connectivity index (χ0) is 11.9. The third kappa shape index (κ3) is 7.69. The molecule has 1 atom stereocenters. The Kier molecular flexibility index (Phi) is 7.03. The predicted molar refractivity (Wildman–Crippen MR) is 57.6 cm³/mol. The van der Waals surface area contributed by atoms with E-state index in [4.69, 9.17) is 9.84 Å². The Morgan fingerprint density at radius 2 is 2.00 bits per heavy atom. The van der Waals surface area contributed by atoms with Gasteiger partial charge in [0, 0.05) is 13.7 Å². The van der Waals surface area contributed by atoms with E-state index in [9.17, 15) is 8.42 Å². The van der Waals surface area contributed by atoms with Crippen LogP contribution in [0.3, 0.4) is 0 Å². The maximum Gasteiger partial charge on any atom is 0.277 e. The highest BCUT2D eigenvalue weighted by molar-refractivity contribution is 7.87. The standard InChI is InChI=1S/C8H20N2O4S/c1-7(2)4-9-15(12,13)10-8(5-11)6-14-3/h7-11H,4-6H2,1-3H3. The molecule has 7 heteroatoms. The van der Waals surface area contributed by atoms with Gasteiger partial charge in [-0.05, 0) is 5.92 Å². The average molecular weight is 240 g/mol. The zero-order valence-corrected chi connectivity index (χ0v) is 10.2. The van der Waals surface area contributed by atoms with Crippen molar-refractivity contribution in [2.24, 2.45) is 5.92 Å². The van der Waals surface area contributed by atoms with Crippen LogP contribution in [0.15, 0.2) is 0 Å². The molecular weight excluding hydrogens is 220 g/mol. The molecule has 0 amide bonds. The molecule has 15 heavy (non-hydrogen) atoms. The van der Waals surface area contributed by atoms with Crippen LogP contribution in [0.2, 0.25) is 0 Å². The minimum Gasteiger partial charge on any atom is -0.395 e. The monoisotopic (exact) mass is 240 g/mol. The molecule has 0 aromatic heterocycles. The zero-order valence-electron chi connectivity index (χ0n) is 9.36. The van der Waals surface area contributed by atoms with Gasteiger partial charge in [0.2, 0.25) is 0 Å². The predicted octanol–water partition coefficient (Wildman–Crippen LogP) is -0.926. The highest BCUT2D eigenvalue weighted by atomic mass is 32.2. The van der Waals surface area contributed by atoms with Crippen molar-refractivity contribution >= 4 is 10.2 Å². The van der Waals surface area contributed by atoms with Gasteiger partial charge in [0.15, 0.2) is 0 Å². The lowest BCUT2D eigenvalue weighted by Crippen LogP contribution is -2.47. The Bertz CT molecular complexity index is 253. The quantitative estimate of drug-likeness (QED) is 0.512. The van der Waals surface area contributed by atoms with Gasteiger partial charge in [-0.2, -0.15) is 13.1 Å². The summed E-state index contributed by atoms with van der Waals surface area (Å²) in [5, 5.41) is 8.86. The van der Waals surface area contributed by atoms with E-state index in [0.717, 1.165) is 0 Å². The maximum atomic E-state index is 11.4. The highest BCUT2D eigenvalue weighted by Crippen LogP contribution is 1.91. The second-order valence-electron chi connectivity index (χ2n) is 3.70. The van der Waals surface area contributed by atoms with Crippen LogP contribution in [0.25, 0.3) is 0 Å². The van der Waals surface area contributed by atoms with E-state index in [-0.39, 0.29) is 19.1 Å². The van der Waals surface area contributed by atoms with E-state index in [1.165, 1.54) is 7.11 Å². The van der Waals surface area contributed by atoms with Crippen molar-refractivity contribution in [3.05, 3.63) is 0 Å². The summed E-state index contributed by atoms with van der Waals surface area (Å²) in [4.78, 5) is 0. The van der Waals surface area contributed by atoms with E-state index < -0.39 is 16.3 Å². The molecule has 0 saturated carbocycles. The van der Waals surface area contributed by atoms with E-state index >= 15 is 0 Å². The van der Waals surface area contributed by atoms with Crippen molar-refractivity contribution in [2.45, 2.75) is 19.9 Å². The van der Waals surface area contributed by atoms with Crippen LogP contribution >= 0.6 is 0 Å². The van der Waals surface area contributed by atoms with Crippen LogP contribution in [0.1, 0.15) is 13.8 Å². The Labute approximate surface area is 91.2 Å². The number of ether oxygens (including phenoxy) is 1. The number of nitrogens with one attached hydrogen (secondary N) is 2. The molecule has 0 radical (unpaired) electrons. The fourth-order valence-corrected chi connectivity index (χ4v) is 2.08. The minimum atomic E-state index is -3.55. The Balaban J connectivity index is 4.10. The molecule has 0 saturated heterocycles. The van der Waals surface area contributed by atoms with Gasteiger partial charge in [-0.25, -0.2) is 4.72 Å². The molecule has 0 bridgehead atoms. The molecule has 92 valence electrons. The fraction of sp³-hybridized carbons (Fsp3) is 1.00. The van der Waals surface area contributed by atoms with Gasteiger partial charge in [-0.1, -0.05) is 13.8 Å². The number of aliphatic hydroxyl groups excluding tert-OH is 1. The molecule has 1 unspecified atom stereocenters. The van der Waals surface area contributed by atoms with Crippen LogP contribution in [0, 0.1) is 5.92 Å². The van der Waals surface area contributed by atoms with E-state index in [1.807, 2.05) is 13.8 Å². The van der Waals surface area contributed by atoms with Crippen LogP contribution in [-0.4, -0.2) is 46.4 Å². The first-order valence-corrected chi connectivity index (χ1v) is 6.26. The minimum absolute atomic E-state index is 0.138. The van der Waals surface area contributed by atoms with Crippen molar-refractivity contribution in [1.29, 1.82) is 0 Å². The molecule has 0 aliphatic carbocycles. The Morgan fingerprint density at radius 1 is 1.40 bits per heavy atom. The summed E-state index contributed by atoms with van der Waals surface area (Å²) in [6, 6.07) is -0.611. The second-order valence-corrected chi connectivity index (χ2v) is 5.23. The van der Waals surface area contributed by atoms with Gasteiger partial charge in [-0.15, -0.1) is 0 Å². The van der Waals surface area contributed by atoms with Gasteiger partial charge in [-0.3, -0.25) is 0 Å². The average Bonchev–Trinajstić information content (AvgIpc) is 2.14. The molecule has 0 heterocycles. The van der Waals surface area contributed by atoms with E-state index in [0.29, 0.717) is 6.54 Å². The fourth-order valence-electron chi connectivity index (χ4n) is 0.863. The summed E-state index contributed by atoms with van der Waals surface area (Å²) in [6.45, 7) is 4.01. The first-order valence-electron chi connectivity index (χ1n) is 4.78. The van der Waals surface area contributed by atoms with Crippen molar-refractivity contribution in [2.75, 3.05) is 26.9 Å². The number of hydrogen-bond acceptors (Lipinski definition) is 4. The lowest BCUT2D eigenvalue weighted by atomic mass is 10.2. The van der Waals surface area contributed by atoms with Crippen molar-refractivity contribution in [3.63, 3.8) is 0 Å². The molecule has 0 rings (SSSR count). The van der Waals surface area contributed by atoms with Crippen LogP contribution < -0.4 is 9.44 Å². The topological polar surface area (TPSA) is 87.7 Å². The van der Waals surface area contributed by atoms with Crippen LogP contribution in [-0.2, 0) is 14.9 Å². The largest absolute Gasteiger partial charge is 0.395 e. The normalized spacial score (nSPS) is 14.5. The molecule has 0 aromatic rings. The van der Waals surface area contributed by atoms with E-state index in [2.05, 4.69) is 9.44 Å². The van der Waals surface area contributed by atoms with Crippen molar-refractivity contribution in [3.8, 4) is 0 Å². The molecule has 0 aliphatic rings. The van der Waals surface area contributed by atoms with Crippen LogP contribution in [0.5, 0.6) is 0 Å². The van der Waals surface area contributed by atoms with Gasteiger partial charge in [0.25, 0.3) is 10.2 Å². The van der Waals surface area contributed by atoms with Gasteiger partial charge >= 0.3 is 0 Å². The van der Waals surface area contributed by atoms with Crippen LogP contribution in [0.4, 0.5) is 0 Å². The highest BCUT2D eigenvalue weighted by Gasteiger charge is 2.16. The Morgan fingerprint density at radius 3 is 2.40 bits per heavy atom. The first-order chi connectivity index (χ1) is 6.91. The van der Waals surface area contributed by atoms with Gasteiger partial charge < -0.3 is 9.84 Å². The van der Waals surface area contributed by atoms with Gasteiger partial charge in [0.05, 0.1) is 19.3 Å². The smallest absolute Gasteiger partial charge is 0.277 e. The third-order valence-corrected chi connectivity index (χ3v) is 2.78. The van der Waals surface area contributed by atoms with E-state index in [1.54, 1.807) is 0 Å². The molecule has 0 fully saturated rings. The molecule has 0 aromatic carbocycles. The number of rotatable bonds is 8. The maximum absolute atomic E-state index is 11.4. The van der Waals surface area contributed by atoms with Gasteiger partial charge in [0.1, 0.15) is 0 Å². The summed E-state index contributed by atoms with van der Waals surface area (Å²) in [5.74, 6) is 0.233. The number of hydrogen-bond donors (Lipinski definition) is 3. The Hall–Kier alpha value is -0.210. The lowest BCUT2D eigenvalue weighted by molar-refractivity contribution is 0.138. The molecule has 0 spiro atoms. The first kappa shape index (κ1) is 14.8. The number of aliphatic hydroxyl groups is 1. The summed E-state index contributed by atoms with van der Waals surface area (Å²) in [7, 11) is -2.11. The molecule has 6 nitrogen and oxygen atoms in total. The second kappa shape index (κ2) is 7.13. The van der Waals surface area contributed by atoms with Crippen molar-refractivity contribution in [1.82, 2.24) is 9.44 Å². The molecule has 3 N–H and O–H groups in total. The van der Waals surface area contributed by atoms with Crippen molar-refractivity contribution < 1.29 is 18.3 Å². The third-order valence-electron chi connectivity index (χ3n) is 1.59. The summed E-state index contributed by atoms with van der Waals surface area (Å²) in [5.41, 5.74) is 0. The number of methoxy groups -OCH3 is 1. The summed E-state index contributed by atoms with van der Waals surface area (Å²) < 4.78 is 32.2.